The zero-order valence-corrected chi connectivity index (χ0v) is 14.1. The molecule has 0 spiro atoms. The van der Waals surface area contributed by atoms with Crippen molar-refractivity contribution in [2.24, 2.45) is 0 Å². The molecule has 0 saturated heterocycles. The van der Waals surface area contributed by atoms with Crippen molar-refractivity contribution in [2.75, 3.05) is 17.2 Å². The average Bonchev–Trinajstić information content (AvgIpc) is 2.60. The molecule has 0 saturated carbocycles. The van der Waals surface area contributed by atoms with Crippen LogP contribution in [-0.2, 0) is 9.47 Å². The number of nitrogens with one attached hydrogen (secondary N) is 2. The minimum absolute atomic E-state index is 0.257. The number of amides is 2. The van der Waals surface area contributed by atoms with Gasteiger partial charge in [0.1, 0.15) is 6.10 Å². The molecule has 2 rings (SSSR count). The van der Waals surface area contributed by atoms with Crippen LogP contribution in [0.2, 0.25) is 0 Å². The molecule has 0 heterocycles. The molecule has 132 valence electrons. The maximum absolute atomic E-state index is 11.7. The Bertz CT molecular complexity index is 662. The van der Waals surface area contributed by atoms with Crippen LogP contribution in [0.25, 0.3) is 0 Å². The van der Waals surface area contributed by atoms with Crippen molar-refractivity contribution >= 4 is 23.6 Å². The summed E-state index contributed by atoms with van der Waals surface area (Å²) in [7, 11) is 0. The fourth-order valence-electron chi connectivity index (χ4n) is 2.12. The van der Waals surface area contributed by atoms with E-state index in [0.717, 1.165) is 0 Å². The number of para-hydroxylation sites is 2. The summed E-state index contributed by atoms with van der Waals surface area (Å²) in [6.45, 7) is 2.06. The lowest BCUT2D eigenvalue weighted by molar-refractivity contribution is 0.106. The number of benzene rings is 2. The van der Waals surface area contributed by atoms with Gasteiger partial charge in [0, 0.05) is 11.4 Å². The number of hydrogen-bond donors (Lipinski definition) is 2. The Kier molecular flexibility index (Phi) is 7.31. The minimum atomic E-state index is -0.499. The van der Waals surface area contributed by atoms with Crippen LogP contribution in [0.4, 0.5) is 21.0 Å². The summed E-state index contributed by atoms with van der Waals surface area (Å²) in [5, 5.41) is 5.29. The number of ether oxygens (including phenoxy) is 2. The van der Waals surface area contributed by atoms with Crippen molar-refractivity contribution in [2.45, 2.75) is 25.9 Å². The first-order valence-electron chi connectivity index (χ1n) is 8.15. The summed E-state index contributed by atoms with van der Waals surface area (Å²) in [5.74, 6) is 0. The molecule has 25 heavy (non-hydrogen) atoms. The molecule has 0 radical (unpaired) electrons. The lowest BCUT2D eigenvalue weighted by atomic mass is 10.2. The van der Waals surface area contributed by atoms with E-state index in [0.29, 0.717) is 24.2 Å². The van der Waals surface area contributed by atoms with E-state index in [-0.39, 0.29) is 12.7 Å². The standard InChI is InChI=1S/C19H22N2O4/c1-15(25-19(23)21-17-12-6-3-7-13-17)9-8-14-24-18(22)20-16-10-4-2-5-11-16/h2-7,10-13,15H,8-9,14H2,1H3,(H,20,22)(H,21,23)/t15-/m1/s1. The lowest BCUT2D eigenvalue weighted by Gasteiger charge is -2.14. The van der Waals surface area contributed by atoms with Crippen molar-refractivity contribution in [1.29, 1.82) is 0 Å². The fourth-order valence-corrected chi connectivity index (χ4v) is 2.12. The molecule has 0 aliphatic heterocycles. The van der Waals surface area contributed by atoms with E-state index in [1.54, 1.807) is 31.2 Å². The van der Waals surface area contributed by atoms with Crippen LogP contribution in [0.3, 0.4) is 0 Å². The van der Waals surface area contributed by atoms with Crippen LogP contribution in [0.1, 0.15) is 19.8 Å². The van der Waals surface area contributed by atoms with Crippen molar-refractivity contribution in [1.82, 2.24) is 0 Å². The zero-order chi connectivity index (χ0) is 17.9. The SMILES string of the molecule is C[C@H](CCCOC(=O)Nc1ccccc1)OC(=O)Nc1ccccc1. The van der Waals surface area contributed by atoms with E-state index in [2.05, 4.69) is 10.6 Å². The molecule has 0 aromatic heterocycles. The topological polar surface area (TPSA) is 76.7 Å². The van der Waals surface area contributed by atoms with Gasteiger partial charge in [-0.2, -0.15) is 0 Å². The third-order valence-corrected chi connectivity index (χ3v) is 3.34. The first-order valence-corrected chi connectivity index (χ1v) is 8.15. The first-order chi connectivity index (χ1) is 12.1. The highest BCUT2D eigenvalue weighted by Crippen LogP contribution is 2.09. The molecule has 0 aliphatic carbocycles. The second-order valence-corrected chi connectivity index (χ2v) is 5.48. The van der Waals surface area contributed by atoms with Crippen LogP contribution < -0.4 is 10.6 Å². The van der Waals surface area contributed by atoms with E-state index >= 15 is 0 Å². The molecule has 0 bridgehead atoms. The largest absolute Gasteiger partial charge is 0.449 e. The molecule has 6 heteroatoms. The highest BCUT2D eigenvalue weighted by molar-refractivity contribution is 5.85. The van der Waals surface area contributed by atoms with Crippen LogP contribution in [0.15, 0.2) is 60.7 Å². The minimum Gasteiger partial charge on any atom is -0.449 e. The van der Waals surface area contributed by atoms with Crippen LogP contribution in [-0.4, -0.2) is 24.9 Å². The van der Waals surface area contributed by atoms with Gasteiger partial charge in [0.2, 0.25) is 0 Å². The van der Waals surface area contributed by atoms with E-state index in [9.17, 15) is 9.59 Å². The van der Waals surface area contributed by atoms with Crippen molar-refractivity contribution < 1.29 is 19.1 Å². The molecule has 6 nitrogen and oxygen atoms in total. The van der Waals surface area contributed by atoms with E-state index in [1.807, 2.05) is 36.4 Å². The normalized spacial score (nSPS) is 11.2. The smallest absolute Gasteiger partial charge is 0.411 e. The van der Waals surface area contributed by atoms with E-state index < -0.39 is 12.2 Å². The number of rotatable bonds is 7. The molecule has 2 N–H and O–H groups in total. The Morgan fingerprint density at radius 1 is 0.880 bits per heavy atom. The molecule has 2 aromatic carbocycles. The summed E-state index contributed by atoms with van der Waals surface area (Å²) >= 11 is 0. The predicted molar refractivity (Wildman–Crippen MR) is 96.7 cm³/mol. The monoisotopic (exact) mass is 342 g/mol. The van der Waals surface area contributed by atoms with Gasteiger partial charge >= 0.3 is 12.2 Å². The highest BCUT2D eigenvalue weighted by Gasteiger charge is 2.10. The van der Waals surface area contributed by atoms with Gasteiger partial charge in [-0.25, -0.2) is 9.59 Å². The van der Waals surface area contributed by atoms with E-state index in [1.165, 1.54) is 0 Å². The van der Waals surface area contributed by atoms with Crippen molar-refractivity contribution in [3.8, 4) is 0 Å². The number of carbonyl (C=O) groups is 2. The fraction of sp³-hybridized carbons (Fsp3) is 0.263. The van der Waals surface area contributed by atoms with Gasteiger partial charge in [0.15, 0.2) is 0 Å². The summed E-state index contributed by atoms with van der Waals surface area (Å²) < 4.78 is 10.3. The number of hydrogen-bond acceptors (Lipinski definition) is 4. The van der Waals surface area contributed by atoms with Crippen LogP contribution in [0.5, 0.6) is 0 Å². The number of anilines is 2. The molecule has 2 amide bonds. The maximum Gasteiger partial charge on any atom is 0.411 e. The van der Waals surface area contributed by atoms with Crippen molar-refractivity contribution in [3.63, 3.8) is 0 Å². The van der Waals surface area contributed by atoms with Gasteiger partial charge < -0.3 is 9.47 Å². The van der Waals surface area contributed by atoms with Crippen molar-refractivity contribution in [3.05, 3.63) is 60.7 Å². The third-order valence-electron chi connectivity index (χ3n) is 3.34. The zero-order valence-electron chi connectivity index (χ0n) is 14.1. The summed E-state index contributed by atoms with van der Waals surface area (Å²) in [6, 6.07) is 18.2. The summed E-state index contributed by atoms with van der Waals surface area (Å²) in [6.07, 6.45) is -0.0736. The van der Waals surface area contributed by atoms with Gasteiger partial charge in [0.05, 0.1) is 6.61 Å². The lowest BCUT2D eigenvalue weighted by Crippen LogP contribution is -2.21. The molecular weight excluding hydrogens is 320 g/mol. The van der Waals surface area contributed by atoms with Crippen LogP contribution in [0, 0.1) is 0 Å². The maximum atomic E-state index is 11.7. The molecule has 0 fully saturated rings. The molecular formula is C19H22N2O4. The average molecular weight is 342 g/mol. The Morgan fingerprint density at radius 2 is 1.40 bits per heavy atom. The summed E-state index contributed by atoms with van der Waals surface area (Å²) in [4.78, 5) is 23.3. The molecule has 2 aromatic rings. The second kappa shape index (κ2) is 9.97. The molecule has 0 aliphatic rings. The number of carbonyl (C=O) groups excluding carboxylic acids is 2. The van der Waals surface area contributed by atoms with Gasteiger partial charge in [-0.3, -0.25) is 10.6 Å². The second-order valence-electron chi connectivity index (χ2n) is 5.48. The van der Waals surface area contributed by atoms with Gasteiger partial charge in [-0.1, -0.05) is 36.4 Å². The third kappa shape index (κ3) is 7.39. The predicted octanol–water partition coefficient (Wildman–Crippen LogP) is 4.65. The summed E-state index contributed by atoms with van der Waals surface area (Å²) in [5.41, 5.74) is 1.36. The highest BCUT2D eigenvalue weighted by atomic mass is 16.6. The Balaban J connectivity index is 1.58. The quantitative estimate of drug-likeness (QED) is 0.718. The first kappa shape index (κ1) is 18.3. The van der Waals surface area contributed by atoms with Crippen LogP contribution >= 0.6 is 0 Å². The van der Waals surface area contributed by atoms with E-state index in [4.69, 9.17) is 9.47 Å². The Labute approximate surface area is 147 Å². The van der Waals surface area contributed by atoms with Gasteiger partial charge in [-0.05, 0) is 44.0 Å². The Hall–Kier alpha value is -3.02. The Morgan fingerprint density at radius 3 is 1.96 bits per heavy atom. The van der Waals surface area contributed by atoms with Gasteiger partial charge in [-0.15, -0.1) is 0 Å². The van der Waals surface area contributed by atoms with Gasteiger partial charge in [0.25, 0.3) is 0 Å². The molecule has 1 atom stereocenters. The molecule has 0 unspecified atom stereocenters.